The van der Waals surface area contributed by atoms with E-state index in [1.807, 2.05) is 42.9 Å². The van der Waals surface area contributed by atoms with Gasteiger partial charge in [-0.1, -0.05) is 200 Å². The van der Waals surface area contributed by atoms with Crippen molar-refractivity contribution in [3.05, 3.63) is 226 Å². The van der Waals surface area contributed by atoms with Gasteiger partial charge in [-0.15, -0.1) is 0 Å². The molecule has 0 unspecified atom stereocenters. The van der Waals surface area contributed by atoms with E-state index in [9.17, 15) is 0 Å². The largest absolute Gasteiger partial charge is 0.356 e. The summed E-state index contributed by atoms with van der Waals surface area (Å²) in [5.74, 6) is 4.21. The number of nitrogens with one attached hydrogen (secondary N) is 2. The van der Waals surface area contributed by atoms with Crippen molar-refractivity contribution in [1.29, 1.82) is 0 Å². The number of hydrogen-bond acceptors (Lipinski definition) is 7. The molecule has 9 heteroatoms. The second-order valence-electron chi connectivity index (χ2n) is 22.6. The molecule has 0 saturated heterocycles. The third-order valence-corrected chi connectivity index (χ3v) is 14.2. The summed E-state index contributed by atoms with van der Waals surface area (Å²) in [4.78, 5) is 8.23. The Kier molecular flexibility index (Phi) is 22.8. The van der Waals surface area contributed by atoms with Crippen molar-refractivity contribution in [1.82, 2.24) is 35.7 Å². The van der Waals surface area contributed by atoms with Crippen LogP contribution in [-0.2, 0) is 13.0 Å². The molecule has 4 aromatic heterocycles. The lowest BCUT2D eigenvalue weighted by atomic mass is 9.98. The first kappa shape index (κ1) is 60.4. The molecular formula is C70H86N8O. The molecule has 2 aliphatic rings. The number of benzene rings is 6. The fourth-order valence-corrected chi connectivity index (χ4v) is 8.78. The highest BCUT2D eigenvalue weighted by Crippen LogP contribution is 2.33. The summed E-state index contributed by atoms with van der Waals surface area (Å²) < 4.78 is 5.00. The van der Waals surface area contributed by atoms with E-state index in [0.717, 1.165) is 40.5 Å². The van der Waals surface area contributed by atoms with Crippen LogP contribution in [0.25, 0.3) is 38.5 Å². The van der Waals surface area contributed by atoms with Crippen LogP contribution >= 0.6 is 0 Å². The van der Waals surface area contributed by atoms with Crippen molar-refractivity contribution in [2.75, 3.05) is 0 Å². The quantitative estimate of drug-likeness (QED) is 0.164. The van der Waals surface area contributed by atoms with Crippen LogP contribution in [0.1, 0.15) is 206 Å². The first-order valence-electron chi connectivity index (χ1n) is 28.3. The number of H-pyrrole nitrogens is 2. The van der Waals surface area contributed by atoms with E-state index in [2.05, 4.69) is 253 Å². The Labute approximate surface area is 471 Å². The minimum atomic E-state index is 0.547. The first-order chi connectivity index (χ1) is 37.9. The number of hydrogen-bond donors (Lipinski definition) is 2. The smallest absolute Gasteiger partial charge is 0.166 e. The van der Waals surface area contributed by atoms with E-state index >= 15 is 0 Å². The minimum absolute atomic E-state index is 0.547. The van der Waals surface area contributed by atoms with Gasteiger partial charge in [-0.05, 0) is 164 Å². The van der Waals surface area contributed by atoms with Crippen LogP contribution in [0.3, 0.4) is 0 Å². The number of nitrogens with zero attached hydrogens (tertiary/aromatic N) is 6. The van der Waals surface area contributed by atoms with Crippen LogP contribution in [0, 0.1) is 0 Å². The summed E-state index contributed by atoms with van der Waals surface area (Å²) in [5.41, 5.74) is 20.3. The third-order valence-electron chi connectivity index (χ3n) is 14.2. The molecule has 0 amide bonds. The van der Waals surface area contributed by atoms with E-state index < -0.39 is 0 Å². The monoisotopic (exact) mass is 1050 g/mol. The molecule has 0 spiro atoms. The summed E-state index contributed by atoms with van der Waals surface area (Å²) in [5, 5.41) is 23.5. The fraction of sp³-hybridized carbons (Fsp3) is 0.343. The Morgan fingerprint density at radius 1 is 0.468 bits per heavy atom. The molecule has 0 fully saturated rings. The number of rotatable bonds is 7. The molecule has 0 bridgehead atoms. The molecule has 2 N–H and O–H groups in total. The first-order valence-corrected chi connectivity index (χ1v) is 28.3. The lowest BCUT2D eigenvalue weighted by Gasteiger charge is -2.07. The number of pyridine rings is 1. The van der Waals surface area contributed by atoms with Gasteiger partial charge in [-0.3, -0.25) is 15.1 Å². The van der Waals surface area contributed by atoms with Gasteiger partial charge in [0.05, 0.1) is 24.5 Å². The van der Waals surface area contributed by atoms with Gasteiger partial charge in [-0.2, -0.15) is 20.5 Å². The average molecular weight is 1060 g/mol. The predicted octanol–water partition coefficient (Wildman–Crippen LogP) is 19.2. The lowest BCUT2D eigenvalue weighted by molar-refractivity contribution is 0.456. The molecule has 5 heterocycles. The summed E-state index contributed by atoms with van der Waals surface area (Å²) >= 11 is 0. The van der Waals surface area contributed by atoms with Crippen molar-refractivity contribution in [3.63, 3.8) is 0 Å². The van der Waals surface area contributed by atoms with Gasteiger partial charge in [0.15, 0.2) is 5.58 Å². The fourth-order valence-electron chi connectivity index (χ4n) is 8.78. The maximum atomic E-state index is 5.00. The molecule has 6 aromatic carbocycles. The Bertz CT molecular complexity index is 3220. The van der Waals surface area contributed by atoms with Gasteiger partial charge in [0.1, 0.15) is 11.0 Å². The zero-order chi connectivity index (χ0) is 57.0. The number of aliphatic imine (C=N–C) groups is 1. The van der Waals surface area contributed by atoms with Gasteiger partial charge < -0.3 is 4.52 Å². The minimum Gasteiger partial charge on any atom is -0.356 e. The van der Waals surface area contributed by atoms with Gasteiger partial charge in [0, 0.05) is 29.4 Å². The Balaban J connectivity index is 0.000000149. The number of aromatic nitrogens is 7. The maximum absolute atomic E-state index is 5.00. The molecule has 0 radical (unpaired) electrons. The van der Waals surface area contributed by atoms with Gasteiger partial charge in [0.2, 0.25) is 0 Å². The van der Waals surface area contributed by atoms with Gasteiger partial charge in [-0.25, -0.2) is 0 Å². The second kappa shape index (κ2) is 29.8. The van der Waals surface area contributed by atoms with Crippen LogP contribution in [0.4, 0.5) is 0 Å². The Hall–Kier alpha value is -7.78. The summed E-state index contributed by atoms with van der Waals surface area (Å²) in [6.07, 6.45) is 11.6. The average Bonchev–Trinajstić information content (AvgIpc) is 4.35. The van der Waals surface area contributed by atoms with Crippen LogP contribution in [0.2, 0.25) is 0 Å². The van der Waals surface area contributed by atoms with Crippen LogP contribution in [0.5, 0.6) is 0 Å². The molecule has 412 valence electrons. The van der Waals surface area contributed by atoms with Crippen molar-refractivity contribution in [2.45, 2.75) is 158 Å². The van der Waals surface area contributed by atoms with E-state index in [1.54, 1.807) is 12.4 Å². The highest BCUT2D eigenvalue weighted by molar-refractivity contribution is 5.84. The summed E-state index contributed by atoms with van der Waals surface area (Å²) in [7, 11) is 0. The van der Waals surface area contributed by atoms with Crippen LogP contribution in [-0.4, -0.2) is 42.0 Å². The van der Waals surface area contributed by atoms with E-state index in [-0.39, 0.29) is 0 Å². The molecule has 1 aliphatic carbocycles. The topological polar surface area (TPSA) is 122 Å². The second-order valence-corrected chi connectivity index (χ2v) is 22.6. The third kappa shape index (κ3) is 18.1. The normalized spacial score (nSPS) is 12.0. The zero-order valence-electron chi connectivity index (χ0n) is 49.5. The van der Waals surface area contributed by atoms with Gasteiger partial charge in [0.25, 0.3) is 0 Å². The zero-order valence-corrected chi connectivity index (χ0v) is 49.5. The molecule has 9 nitrogen and oxygen atoms in total. The molecule has 12 rings (SSSR count). The van der Waals surface area contributed by atoms with E-state index in [1.165, 1.54) is 78.6 Å². The number of allylic oxidation sites excluding steroid dienone is 1. The van der Waals surface area contributed by atoms with Crippen molar-refractivity contribution < 1.29 is 4.52 Å². The van der Waals surface area contributed by atoms with E-state index in [0.29, 0.717) is 41.4 Å². The molecule has 1 aliphatic heterocycles. The SMILES string of the molecule is C=C1CCc2cc(C(C)C)ccc21.CC(C)c1ccc2[nH]ncc2c1.CC(C)c1ccc2c(c1)CN=C2.CC(C)c1ccc2n[nH]nc2c1.CC(C)c1ccc2oncc2c1.CC(C)c1ccccc1.CC(C)c1cccnc1. The number of aromatic amines is 2. The summed E-state index contributed by atoms with van der Waals surface area (Å²) in [6.45, 7) is 35.7. The Morgan fingerprint density at radius 2 is 1.03 bits per heavy atom. The number of fused-ring (bicyclic) bond motifs is 5. The highest BCUT2D eigenvalue weighted by atomic mass is 16.5. The van der Waals surface area contributed by atoms with Crippen molar-refractivity contribution in [2.24, 2.45) is 4.99 Å². The molecule has 0 atom stereocenters. The van der Waals surface area contributed by atoms with Gasteiger partial charge >= 0.3 is 0 Å². The molecule has 79 heavy (non-hydrogen) atoms. The van der Waals surface area contributed by atoms with Crippen molar-refractivity contribution >= 4 is 44.7 Å². The highest BCUT2D eigenvalue weighted by Gasteiger charge is 2.15. The molecule has 10 aromatic rings. The molecular weight excluding hydrogens is 969 g/mol. The number of aryl methyl sites for hydroxylation is 1. The van der Waals surface area contributed by atoms with E-state index in [4.69, 9.17) is 4.52 Å². The van der Waals surface area contributed by atoms with Crippen molar-refractivity contribution in [3.8, 4) is 0 Å². The standard InChI is InChI=1S/C13H16.C11H13N.C10H12N2.C10H11NO.C9H11N3.C9H12.C8H11N/c1-9(2)11-6-7-13-10(3)4-5-12(13)8-11;1-8(2)9-3-4-10-6-12-7-11(10)5-9;2*1-7(2)8-3-4-10-9(5-8)6-11-12-10;1-6(2)7-3-4-8-9(5-7)11-12-10-8;1-8(2)9-6-4-3-5-7-9;1-7(2)8-4-3-5-9-6-8/h6-9H,3-5H2,1-2H3;3-6,8H,7H2,1-2H3;3-7H,1-2H3,(H,11,12);3-7H,1-2H3;3-6H,1-2H3,(H,10,11,12);3-8H,1-2H3;3-7H,1-2H3. The lowest BCUT2D eigenvalue weighted by Crippen LogP contribution is -1.91. The Morgan fingerprint density at radius 3 is 1.65 bits per heavy atom. The molecule has 0 saturated carbocycles. The predicted molar refractivity (Wildman–Crippen MR) is 335 cm³/mol. The van der Waals surface area contributed by atoms with Crippen LogP contribution < -0.4 is 0 Å². The summed E-state index contributed by atoms with van der Waals surface area (Å²) in [6, 6.07) is 46.8. The maximum Gasteiger partial charge on any atom is 0.166 e. The van der Waals surface area contributed by atoms with Crippen LogP contribution in [0.15, 0.2) is 174 Å².